The summed E-state index contributed by atoms with van der Waals surface area (Å²) in [6.45, 7) is 4.43. The van der Waals surface area contributed by atoms with E-state index in [9.17, 15) is 10.1 Å². The van der Waals surface area contributed by atoms with Gasteiger partial charge in [-0.1, -0.05) is 72.3 Å². The first-order chi connectivity index (χ1) is 16.0. The van der Waals surface area contributed by atoms with Gasteiger partial charge in [-0.25, -0.2) is 0 Å². The zero-order valence-corrected chi connectivity index (χ0v) is 18.6. The number of benzene rings is 4. The van der Waals surface area contributed by atoms with E-state index in [4.69, 9.17) is 4.74 Å². The van der Waals surface area contributed by atoms with Crippen LogP contribution in [0.3, 0.4) is 0 Å². The molecule has 4 heteroatoms. The molecule has 0 aromatic heterocycles. The molecule has 0 bridgehead atoms. The lowest BCUT2D eigenvalue weighted by Crippen LogP contribution is -2.13. The average Bonchev–Trinajstić information content (AvgIpc) is 2.84. The molecule has 4 aromatic carbocycles. The number of hydrogen-bond donors (Lipinski definition) is 1. The molecule has 0 aliphatic rings. The minimum atomic E-state index is -0.457. The number of amides is 1. The van der Waals surface area contributed by atoms with Gasteiger partial charge in [0.25, 0.3) is 5.91 Å². The molecule has 33 heavy (non-hydrogen) atoms. The van der Waals surface area contributed by atoms with Crippen molar-refractivity contribution < 1.29 is 9.53 Å². The monoisotopic (exact) mass is 432 g/mol. The highest BCUT2D eigenvalue weighted by atomic mass is 16.5. The summed E-state index contributed by atoms with van der Waals surface area (Å²) < 4.78 is 6.18. The Morgan fingerprint density at radius 2 is 1.67 bits per heavy atom. The molecular weight excluding hydrogens is 408 g/mol. The maximum absolute atomic E-state index is 12.7. The summed E-state index contributed by atoms with van der Waals surface area (Å²) in [5.74, 6) is 0.154. The summed E-state index contributed by atoms with van der Waals surface area (Å²) in [6.07, 6.45) is 1.56. The zero-order chi connectivity index (χ0) is 23.2. The summed E-state index contributed by atoms with van der Waals surface area (Å²) in [6, 6.07) is 29.3. The van der Waals surface area contributed by atoms with Gasteiger partial charge in [0, 0.05) is 16.8 Å². The summed E-state index contributed by atoms with van der Waals surface area (Å²) >= 11 is 0. The molecule has 0 saturated heterocycles. The number of aryl methyl sites for hydroxylation is 2. The Kier molecular flexibility index (Phi) is 6.52. The van der Waals surface area contributed by atoms with E-state index in [1.165, 1.54) is 0 Å². The minimum absolute atomic E-state index is 0.00738. The number of carbonyl (C=O) groups excluding carboxylic acids is 1. The van der Waals surface area contributed by atoms with E-state index in [0.29, 0.717) is 23.6 Å². The van der Waals surface area contributed by atoms with Crippen LogP contribution in [0.15, 0.2) is 90.5 Å². The zero-order valence-electron chi connectivity index (χ0n) is 18.6. The Labute approximate surface area is 193 Å². The van der Waals surface area contributed by atoms with E-state index in [1.54, 1.807) is 6.08 Å². The number of nitrogens with zero attached hydrogens (tertiary/aromatic N) is 1. The number of nitriles is 1. The van der Waals surface area contributed by atoms with E-state index in [-0.39, 0.29) is 5.57 Å². The van der Waals surface area contributed by atoms with Crippen LogP contribution in [-0.2, 0) is 11.4 Å². The molecule has 162 valence electrons. The van der Waals surface area contributed by atoms with Gasteiger partial charge in [0.15, 0.2) is 0 Å². The van der Waals surface area contributed by atoms with Crippen molar-refractivity contribution in [3.63, 3.8) is 0 Å². The standard InChI is InChI=1S/C29H24N2O2/c1-20-11-15-25(16-12-20)31-29(32)24(18-30)17-23-8-4-6-10-28(23)33-19-27-21(2)13-14-22-7-3-5-9-26(22)27/h3-17H,19H2,1-2H3,(H,31,32)/b24-17+. The number of para-hydroxylation sites is 1. The maximum Gasteiger partial charge on any atom is 0.266 e. The van der Waals surface area contributed by atoms with Gasteiger partial charge in [0.1, 0.15) is 24.0 Å². The molecule has 1 N–H and O–H groups in total. The number of nitrogens with one attached hydrogen (secondary N) is 1. The van der Waals surface area contributed by atoms with Crippen LogP contribution in [0, 0.1) is 25.2 Å². The van der Waals surface area contributed by atoms with Crippen molar-refractivity contribution in [3.8, 4) is 11.8 Å². The van der Waals surface area contributed by atoms with E-state index in [0.717, 1.165) is 27.5 Å². The Morgan fingerprint density at radius 1 is 0.939 bits per heavy atom. The number of hydrogen-bond acceptors (Lipinski definition) is 3. The molecule has 0 unspecified atom stereocenters. The fraction of sp³-hybridized carbons (Fsp3) is 0.103. The van der Waals surface area contributed by atoms with Crippen molar-refractivity contribution in [1.82, 2.24) is 0 Å². The van der Waals surface area contributed by atoms with Crippen LogP contribution in [0.5, 0.6) is 5.75 Å². The lowest BCUT2D eigenvalue weighted by atomic mass is 10.0. The minimum Gasteiger partial charge on any atom is -0.488 e. The SMILES string of the molecule is Cc1ccc(NC(=O)/C(C#N)=C/c2ccccc2OCc2c(C)ccc3ccccc23)cc1. The fourth-order valence-electron chi connectivity index (χ4n) is 3.66. The van der Waals surface area contributed by atoms with Crippen molar-refractivity contribution in [3.05, 3.63) is 113 Å². The lowest BCUT2D eigenvalue weighted by Gasteiger charge is -2.14. The van der Waals surface area contributed by atoms with Gasteiger partial charge in [-0.15, -0.1) is 0 Å². The van der Waals surface area contributed by atoms with Gasteiger partial charge in [-0.2, -0.15) is 5.26 Å². The predicted molar refractivity (Wildman–Crippen MR) is 133 cm³/mol. The van der Waals surface area contributed by atoms with Crippen LogP contribution in [0.2, 0.25) is 0 Å². The third kappa shape index (κ3) is 5.11. The number of rotatable bonds is 6. The van der Waals surface area contributed by atoms with Crippen molar-refractivity contribution in [1.29, 1.82) is 5.26 Å². The second-order valence-electron chi connectivity index (χ2n) is 7.90. The van der Waals surface area contributed by atoms with Gasteiger partial charge < -0.3 is 10.1 Å². The number of carbonyl (C=O) groups is 1. The molecule has 0 atom stereocenters. The molecule has 0 radical (unpaired) electrons. The Hall–Kier alpha value is -4.36. The van der Waals surface area contributed by atoms with Gasteiger partial charge in [-0.05, 0) is 54.5 Å². The highest BCUT2D eigenvalue weighted by molar-refractivity contribution is 6.09. The summed E-state index contributed by atoms with van der Waals surface area (Å²) in [5.41, 5.74) is 4.68. The highest BCUT2D eigenvalue weighted by Gasteiger charge is 2.12. The van der Waals surface area contributed by atoms with Crippen LogP contribution in [0.4, 0.5) is 5.69 Å². The molecule has 4 aromatic rings. The highest BCUT2D eigenvalue weighted by Crippen LogP contribution is 2.26. The first-order valence-corrected chi connectivity index (χ1v) is 10.7. The van der Waals surface area contributed by atoms with Crippen LogP contribution in [0.25, 0.3) is 16.8 Å². The van der Waals surface area contributed by atoms with E-state index in [1.807, 2.05) is 73.7 Å². The Bertz CT molecular complexity index is 1380. The molecule has 0 aliphatic heterocycles. The van der Waals surface area contributed by atoms with Gasteiger partial charge in [0.2, 0.25) is 0 Å². The van der Waals surface area contributed by atoms with Crippen molar-refractivity contribution in [2.24, 2.45) is 0 Å². The van der Waals surface area contributed by atoms with E-state index in [2.05, 4.69) is 36.5 Å². The summed E-state index contributed by atoms with van der Waals surface area (Å²) in [4.78, 5) is 12.7. The lowest BCUT2D eigenvalue weighted by molar-refractivity contribution is -0.112. The van der Waals surface area contributed by atoms with Crippen LogP contribution in [-0.4, -0.2) is 5.91 Å². The largest absolute Gasteiger partial charge is 0.488 e. The van der Waals surface area contributed by atoms with E-state index >= 15 is 0 Å². The maximum atomic E-state index is 12.7. The molecular formula is C29H24N2O2. The van der Waals surface area contributed by atoms with Crippen LogP contribution < -0.4 is 10.1 Å². The molecule has 1 amide bonds. The molecule has 4 nitrogen and oxygen atoms in total. The second-order valence-corrected chi connectivity index (χ2v) is 7.90. The van der Waals surface area contributed by atoms with Gasteiger partial charge in [-0.3, -0.25) is 4.79 Å². The van der Waals surface area contributed by atoms with Crippen LogP contribution in [0.1, 0.15) is 22.3 Å². The molecule has 4 rings (SSSR count). The van der Waals surface area contributed by atoms with Gasteiger partial charge >= 0.3 is 0 Å². The second kappa shape index (κ2) is 9.84. The first kappa shape index (κ1) is 21.9. The van der Waals surface area contributed by atoms with E-state index < -0.39 is 5.91 Å². The van der Waals surface area contributed by atoms with Gasteiger partial charge in [0.05, 0.1) is 0 Å². The molecule has 0 saturated carbocycles. The smallest absolute Gasteiger partial charge is 0.266 e. The first-order valence-electron chi connectivity index (χ1n) is 10.7. The summed E-state index contributed by atoms with van der Waals surface area (Å²) in [5, 5.41) is 14.7. The third-order valence-electron chi connectivity index (χ3n) is 5.54. The van der Waals surface area contributed by atoms with Crippen molar-refractivity contribution >= 4 is 28.4 Å². The fourth-order valence-corrected chi connectivity index (χ4v) is 3.66. The number of ether oxygens (including phenoxy) is 1. The topological polar surface area (TPSA) is 62.1 Å². The molecule has 0 spiro atoms. The molecule has 0 heterocycles. The number of fused-ring (bicyclic) bond motifs is 1. The normalized spacial score (nSPS) is 11.1. The predicted octanol–water partition coefficient (Wildman–Crippen LogP) is 6.58. The van der Waals surface area contributed by atoms with Crippen molar-refractivity contribution in [2.45, 2.75) is 20.5 Å². The number of anilines is 1. The Morgan fingerprint density at radius 3 is 2.45 bits per heavy atom. The average molecular weight is 433 g/mol. The third-order valence-corrected chi connectivity index (χ3v) is 5.54. The molecule has 0 fully saturated rings. The molecule has 0 aliphatic carbocycles. The van der Waals surface area contributed by atoms with Crippen molar-refractivity contribution in [2.75, 3.05) is 5.32 Å². The quantitative estimate of drug-likeness (QED) is 0.276. The Balaban J connectivity index is 1.58. The summed E-state index contributed by atoms with van der Waals surface area (Å²) in [7, 11) is 0. The van der Waals surface area contributed by atoms with Crippen LogP contribution >= 0.6 is 0 Å².